The molecule has 2 fully saturated rings. The minimum absolute atomic E-state index is 0.583. The van der Waals surface area contributed by atoms with Crippen molar-refractivity contribution in [1.29, 1.82) is 0 Å². The van der Waals surface area contributed by atoms with Crippen molar-refractivity contribution in [2.75, 3.05) is 18.4 Å². The second-order valence-corrected chi connectivity index (χ2v) is 7.52. The molecule has 0 aromatic rings. The van der Waals surface area contributed by atoms with Gasteiger partial charge in [0.25, 0.3) is 0 Å². The van der Waals surface area contributed by atoms with Crippen molar-refractivity contribution in [2.24, 2.45) is 5.41 Å². The predicted octanol–water partition coefficient (Wildman–Crippen LogP) is 5.38. The number of rotatable bonds is 5. The molecule has 1 heterocycles. The molecule has 0 aromatic heterocycles. The topological polar surface area (TPSA) is 3.24 Å². The van der Waals surface area contributed by atoms with Crippen molar-refractivity contribution in [3.63, 3.8) is 0 Å². The summed E-state index contributed by atoms with van der Waals surface area (Å²) in [6.45, 7) is 5.07. The lowest BCUT2D eigenvalue weighted by atomic mass is 9.80. The van der Waals surface area contributed by atoms with E-state index in [4.69, 9.17) is 0 Å². The first-order valence-corrected chi connectivity index (χ1v) is 9.72. The first kappa shape index (κ1) is 15.8. The molecule has 0 aromatic carbocycles. The van der Waals surface area contributed by atoms with E-state index in [-0.39, 0.29) is 0 Å². The lowest BCUT2D eigenvalue weighted by Gasteiger charge is -2.43. The Morgan fingerprint density at radius 3 is 2.42 bits per heavy atom. The molecule has 1 saturated carbocycles. The number of piperidine rings is 1. The van der Waals surface area contributed by atoms with E-state index in [1.807, 2.05) is 0 Å². The highest BCUT2D eigenvalue weighted by Gasteiger charge is 2.34. The highest BCUT2D eigenvalue weighted by Crippen LogP contribution is 2.39. The Kier molecular flexibility index (Phi) is 6.68. The third kappa shape index (κ3) is 4.46. The van der Waals surface area contributed by atoms with E-state index in [1.165, 1.54) is 89.0 Å². The largest absolute Gasteiger partial charge is 0.300 e. The fraction of sp³-hybridized carbons (Fsp3) is 1.00. The Morgan fingerprint density at radius 1 is 1.05 bits per heavy atom. The van der Waals surface area contributed by atoms with Gasteiger partial charge in [0.2, 0.25) is 0 Å². The van der Waals surface area contributed by atoms with Crippen LogP contribution in [0.3, 0.4) is 0 Å². The zero-order valence-electron chi connectivity index (χ0n) is 12.8. The molecule has 0 N–H and O–H groups in total. The molecular formula is C17H32BrN. The van der Waals surface area contributed by atoms with Crippen LogP contribution in [0.2, 0.25) is 0 Å². The van der Waals surface area contributed by atoms with Gasteiger partial charge in [-0.2, -0.15) is 0 Å². The fourth-order valence-corrected chi connectivity index (χ4v) is 4.91. The maximum Gasteiger partial charge on any atom is 0.0100 e. The van der Waals surface area contributed by atoms with Crippen LogP contribution >= 0.6 is 15.9 Å². The molecule has 1 aliphatic heterocycles. The van der Waals surface area contributed by atoms with Crippen molar-refractivity contribution in [3.05, 3.63) is 0 Å². The van der Waals surface area contributed by atoms with Gasteiger partial charge >= 0.3 is 0 Å². The molecule has 2 rings (SSSR count). The first-order chi connectivity index (χ1) is 9.29. The molecule has 2 heteroatoms. The van der Waals surface area contributed by atoms with E-state index in [1.54, 1.807) is 0 Å². The van der Waals surface area contributed by atoms with Gasteiger partial charge in [0.05, 0.1) is 0 Å². The van der Waals surface area contributed by atoms with E-state index in [0.29, 0.717) is 5.41 Å². The quantitative estimate of drug-likeness (QED) is 0.483. The Hall–Kier alpha value is 0.440. The molecule has 1 atom stereocenters. The Labute approximate surface area is 128 Å². The van der Waals surface area contributed by atoms with Gasteiger partial charge in [-0.05, 0) is 44.1 Å². The van der Waals surface area contributed by atoms with Gasteiger partial charge in [-0.25, -0.2) is 0 Å². The molecular weight excluding hydrogens is 298 g/mol. The summed E-state index contributed by atoms with van der Waals surface area (Å²) in [5.74, 6) is 0. The van der Waals surface area contributed by atoms with Gasteiger partial charge in [-0.3, -0.25) is 4.90 Å². The van der Waals surface area contributed by atoms with Crippen molar-refractivity contribution in [3.8, 4) is 0 Å². The van der Waals surface area contributed by atoms with Crippen molar-refractivity contribution < 1.29 is 0 Å². The molecule has 1 unspecified atom stereocenters. The van der Waals surface area contributed by atoms with Crippen molar-refractivity contribution in [2.45, 2.75) is 83.6 Å². The Bertz CT molecular complexity index is 244. The SMILES string of the molecule is CCCC1CCCCN1CC1(CBr)CCCCCC1. The summed E-state index contributed by atoms with van der Waals surface area (Å²) < 4.78 is 0. The molecule has 2 aliphatic rings. The molecule has 0 bridgehead atoms. The second-order valence-electron chi connectivity index (χ2n) is 6.96. The standard InChI is InChI=1S/C17H32BrN/c1-2-9-16-10-5-8-13-19(16)15-17(14-18)11-6-3-4-7-12-17/h16H,2-15H2,1H3. The van der Waals surface area contributed by atoms with Crippen molar-refractivity contribution >= 4 is 15.9 Å². The number of hydrogen-bond acceptors (Lipinski definition) is 1. The molecule has 1 nitrogen and oxygen atoms in total. The van der Waals surface area contributed by atoms with Gasteiger partial charge in [-0.1, -0.05) is 61.4 Å². The van der Waals surface area contributed by atoms with Gasteiger partial charge < -0.3 is 0 Å². The summed E-state index contributed by atoms with van der Waals surface area (Å²) in [4.78, 5) is 2.86. The third-order valence-electron chi connectivity index (χ3n) is 5.36. The Balaban J connectivity index is 1.98. The average Bonchev–Trinajstić information content (AvgIpc) is 2.68. The van der Waals surface area contributed by atoms with Crippen LogP contribution in [-0.2, 0) is 0 Å². The van der Waals surface area contributed by atoms with Gasteiger partial charge in [0, 0.05) is 17.9 Å². The molecule has 19 heavy (non-hydrogen) atoms. The highest BCUT2D eigenvalue weighted by molar-refractivity contribution is 9.09. The number of likely N-dealkylation sites (tertiary alicyclic amines) is 1. The molecule has 0 spiro atoms. The molecule has 1 saturated heterocycles. The van der Waals surface area contributed by atoms with E-state index >= 15 is 0 Å². The smallest absolute Gasteiger partial charge is 0.0100 e. The minimum Gasteiger partial charge on any atom is -0.300 e. The number of halogens is 1. The summed E-state index contributed by atoms with van der Waals surface area (Å²) in [7, 11) is 0. The highest BCUT2D eigenvalue weighted by atomic mass is 79.9. The summed E-state index contributed by atoms with van der Waals surface area (Å²) in [5, 5.41) is 1.22. The second kappa shape index (κ2) is 8.02. The summed E-state index contributed by atoms with van der Waals surface area (Å²) in [6, 6.07) is 0.887. The number of hydrogen-bond donors (Lipinski definition) is 0. The molecule has 1 aliphatic carbocycles. The zero-order valence-corrected chi connectivity index (χ0v) is 14.4. The predicted molar refractivity (Wildman–Crippen MR) is 88.0 cm³/mol. The first-order valence-electron chi connectivity index (χ1n) is 8.60. The number of alkyl halides is 1. The van der Waals surface area contributed by atoms with E-state index in [0.717, 1.165) is 6.04 Å². The van der Waals surface area contributed by atoms with Crippen LogP contribution in [0.25, 0.3) is 0 Å². The normalized spacial score (nSPS) is 29.1. The molecule has 0 radical (unpaired) electrons. The van der Waals surface area contributed by atoms with Crippen molar-refractivity contribution in [1.82, 2.24) is 4.90 Å². The fourth-order valence-electron chi connectivity index (χ4n) is 4.17. The van der Waals surface area contributed by atoms with Gasteiger partial charge in [-0.15, -0.1) is 0 Å². The maximum absolute atomic E-state index is 3.86. The average molecular weight is 330 g/mol. The lowest BCUT2D eigenvalue weighted by molar-refractivity contribution is 0.0775. The number of nitrogens with zero attached hydrogens (tertiary/aromatic N) is 1. The maximum atomic E-state index is 3.86. The summed E-state index contributed by atoms with van der Waals surface area (Å²) in [6.07, 6.45) is 15.9. The summed E-state index contributed by atoms with van der Waals surface area (Å²) >= 11 is 3.86. The lowest BCUT2D eigenvalue weighted by Crippen LogP contribution is -2.46. The van der Waals surface area contributed by atoms with Crippen LogP contribution in [-0.4, -0.2) is 29.4 Å². The van der Waals surface area contributed by atoms with E-state index in [9.17, 15) is 0 Å². The molecule has 112 valence electrons. The van der Waals surface area contributed by atoms with Crippen LogP contribution in [0.15, 0.2) is 0 Å². The van der Waals surface area contributed by atoms with Crippen LogP contribution in [0.5, 0.6) is 0 Å². The van der Waals surface area contributed by atoms with E-state index in [2.05, 4.69) is 27.8 Å². The van der Waals surface area contributed by atoms with E-state index < -0.39 is 0 Å². The van der Waals surface area contributed by atoms with Gasteiger partial charge in [0.15, 0.2) is 0 Å². The van der Waals surface area contributed by atoms with Crippen LogP contribution in [0, 0.1) is 5.41 Å². The Morgan fingerprint density at radius 2 is 1.79 bits per heavy atom. The monoisotopic (exact) mass is 329 g/mol. The molecule has 0 amide bonds. The zero-order chi connectivity index (χ0) is 13.6. The minimum atomic E-state index is 0.583. The van der Waals surface area contributed by atoms with Crippen LogP contribution in [0.4, 0.5) is 0 Å². The van der Waals surface area contributed by atoms with Crippen LogP contribution in [0.1, 0.15) is 77.6 Å². The summed E-state index contributed by atoms with van der Waals surface area (Å²) in [5.41, 5.74) is 0.583. The van der Waals surface area contributed by atoms with Crippen LogP contribution < -0.4 is 0 Å². The van der Waals surface area contributed by atoms with Gasteiger partial charge in [0.1, 0.15) is 0 Å². The third-order valence-corrected chi connectivity index (χ3v) is 6.55.